The van der Waals surface area contributed by atoms with E-state index in [1.54, 1.807) is 14.2 Å². The van der Waals surface area contributed by atoms with Crippen LogP contribution in [0.3, 0.4) is 0 Å². The predicted octanol–water partition coefficient (Wildman–Crippen LogP) is 13.1. The Kier molecular flexibility index (Phi) is 17.5. The summed E-state index contributed by atoms with van der Waals surface area (Å²) in [5.41, 5.74) is 8.52. The summed E-state index contributed by atoms with van der Waals surface area (Å²) >= 11 is 3.81. The Labute approximate surface area is 459 Å². The first-order valence-electron chi connectivity index (χ1n) is 27.1. The number of nitrogens with one attached hydrogen (secondary N) is 1. The Morgan fingerprint density at radius 2 is 1.04 bits per heavy atom. The molecule has 4 atom stereocenters. The topological polar surface area (TPSA) is 65.1 Å². The summed E-state index contributed by atoms with van der Waals surface area (Å²) in [6.07, 6.45) is 3.84. The number of hydrogen-bond donors (Lipinski definition) is 1. The van der Waals surface area contributed by atoms with Gasteiger partial charge in [-0.3, -0.25) is 24.2 Å². The van der Waals surface area contributed by atoms with E-state index in [9.17, 15) is 9.59 Å². The fourth-order valence-electron chi connectivity index (χ4n) is 12.3. The van der Waals surface area contributed by atoms with E-state index >= 15 is 0 Å². The molecule has 2 aliphatic rings. The van der Waals surface area contributed by atoms with E-state index in [0.717, 1.165) is 51.1 Å². The van der Waals surface area contributed by atoms with E-state index in [4.69, 9.17) is 4.84 Å². The highest BCUT2D eigenvalue weighted by atomic mass is 32.2. The van der Waals surface area contributed by atoms with Crippen LogP contribution in [0.1, 0.15) is 70.5 Å². The molecular formula is C67H70N4O3S2. The molecule has 2 aliphatic heterocycles. The van der Waals surface area contributed by atoms with Crippen molar-refractivity contribution in [3.63, 3.8) is 0 Å². The third-order valence-electron chi connectivity index (χ3n) is 15.9. The van der Waals surface area contributed by atoms with Crippen LogP contribution in [0.4, 0.5) is 0 Å². The van der Waals surface area contributed by atoms with Crippen LogP contribution >= 0.6 is 23.5 Å². The zero-order chi connectivity index (χ0) is 52.2. The van der Waals surface area contributed by atoms with Crippen LogP contribution in [0.2, 0.25) is 0 Å². The summed E-state index contributed by atoms with van der Waals surface area (Å²) in [4.78, 5) is 39.4. The minimum Gasteiger partial charge on any atom is -0.354 e. The molecule has 0 radical (unpaired) electrons. The van der Waals surface area contributed by atoms with Crippen molar-refractivity contribution in [2.75, 3.05) is 58.4 Å². The first-order valence-corrected chi connectivity index (χ1v) is 29.0. The maximum Gasteiger partial charge on any atom is 0.251 e. The SMILES string of the molecule is CON(C)C(=O)C1C(c2ccc3ccccc3c2)CC2CCC1N2CCCN(CCSC(c1ccccc1)(c1ccccc1)c1ccccc1)CC(=O)NCCSC(c1ccccc1)(c1ccccc1)c1ccccc1. The van der Waals surface area contributed by atoms with E-state index in [1.165, 1.54) is 54.8 Å². The van der Waals surface area contributed by atoms with Crippen LogP contribution in [0.5, 0.6) is 0 Å². The Morgan fingerprint density at radius 3 is 1.53 bits per heavy atom. The van der Waals surface area contributed by atoms with E-state index in [0.29, 0.717) is 18.3 Å². The van der Waals surface area contributed by atoms with Crippen LogP contribution in [0.15, 0.2) is 224 Å². The molecule has 4 unspecified atom stereocenters. The average Bonchev–Trinajstić information content (AvgIpc) is 3.77. The highest BCUT2D eigenvalue weighted by Crippen LogP contribution is 2.51. The number of hydroxylamine groups is 2. The highest BCUT2D eigenvalue weighted by molar-refractivity contribution is 8.00. The van der Waals surface area contributed by atoms with Gasteiger partial charge in [0.15, 0.2) is 0 Å². The van der Waals surface area contributed by atoms with E-state index in [-0.39, 0.29) is 36.2 Å². The summed E-state index contributed by atoms with van der Waals surface area (Å²) in [6.45, 7) is 3.14. The van der Waals surface area contributed by atoms with E-state index < -0.39 is 9.49 Å². The molecule has 2 fully saturated rings. The van der Waals surface area contributed by atoms with Crippen molar-refractivity contribution in [3.8, 4) is 0 Å². The van der Waals surface area contributed by atoms with Gasteiger partial charge in [-0.2, -0.15) is 0 Å². The number of amides is 2. The number of carbonyl (C=O) groups is 2. The largest absolute Gasteiger partial charge is 0.354 e. The smallest absolute Gasteiger partial charge is 0.251 e. The van der Waals surface area contributed by atoms with E-state index in [1.807, 2.05) is 23.5 Å². The van der Waals surface area contributed by atoms with Gasteiger partial charge in [0, 0.05) is 43.7 Å². The lowest BCUT2D eigenvalue weighted by Gasteiger charge is -2.45. The monoisotopic (exact) mass is 1040 g/mol. The Morgan fingerprint density at radius 1 is 0.579 bits per heavy atom. The number of thioether (sulfide) groups is 2. The number of fused-ring (bicyclic) bond motifs is 3. The second-order valence-electron chi connectivity index (χ2n) is 20.3. The van der Waals surface area contributed by atoms with Crippen LogP contribution in [-0.2, 0) is 23.9 Å². The number of piperidine rings is 1. The van der Waals surface area contributed by atoms with Gasteiger partial charge in [-0.15, -0.1) is 23.5 Å². The molecule has 8 aromatic carbocycles. The van der Waals surface area contributed by atoms with Crippen LogP contribution in [0, 0.1) is 5.92 Å². The van der Waals surface area contributed by atoms with Gasteiger partial charge in [-0.25, -0.2) is 5.06 Å². The number of carbonyl (C=O) groups excluding carboxylic acids is 2. The van der Waals surface area contributed by atoms with E-state index in [2.05, 4.69) is 240 Å². The fourth-order valence-corrected chi connectivity index (χ4v) is 15.3. The number of hydrogen-bond acceptors (Lipinski definition) is 7. The van der Waals surface area contributed by atoms with Gasteiger partial charge in [0.05, 0.1) is 29.1 Å². The molecule has 76 heavy (non-hydrogen) atoms. The van der Waals surface area contributed by atoms with Gasteiger partial charge >= 0.3 is 0 Å². The molecular weight excluding hydrogens is 973 g/mol. The van der Waals surface area contributed by atoms with Gasteiger partial charge in [0.1, 0.15) is 0 Å². The summed E-state index contributed by atoms with van der Waals surface area (Å²) in [7, 11) is 3.33. The van der Waals surface area contributed by atoms with Crippen LogP contribution in [0.25, 0.3) is 10.8 Å². The van der Waals surface area contributed by atoms with Crippen LogP contribution < -0.4 is 5.32 Å². The molecule has 388 valence electrons. The first-order chi connectivity index (χ1) is 37.4. The molecule has 1 N–H and O–H groups in total. The highest BCUT2D eigenvalue weighted by Gasteiger charge is 2.51. The predicted molar refractivity (Wildman–Crippen MR) is 315 cm³/mol. The third-order valence-corrected chi connectivity index (χ3v) is 19.0. The lowest BCUT2D eigenvalue weighted by Crippen LogP contribution is -2.53. The second kappa shape index (κ2) is 25.1. The zero-order valence-electron chi connectivity index (χ0n) is 43.8. The molecule has 9 heteroatoms. The van der Waals surface area contributed by atoms with Gasteiger partial charge in [0.25, 0.3) is 5.91 Å². The molecule has 10 rings (SSSR count). The molecule has 2 bridgehead atoms. The second-order valence-corrected chi connectivity index (χ2v) is 22.9. The van der Waals surface area contributed by atoms with Crippen LogP contribution in [-0.4, -0.2) is 97.1 Å². The molecule has 8 aromatic rings. The standard InChI is InChI=1S/C67H70N4O3S2/c1-69(74-2)65(73)64-61(53-39-38-51-24-21-22-25-52(51)48-53)49-60-40-41-62(64)71(60)44-23-43-70(45-47-76-67(57-32-15-6-16-33-57,58-34-17-7-18-35-58)59-36-19-8-20-37-59)50-63(72)68-42-46-75-66(54-26-9-3-10-27-54,55-28-11-4-12-29-55)56-30-13-5-14-31-56/h3-22,24-39,48,60-62,64H,23,40-47,49-50H2,1-2H3,(H,68,72). The quantitative estimate of drug-likeness (QED) is 0.0389. The van der Waals surface area contributed by atoms with Crippen molar-refractivity contribution in [1.82, 2.24) is 20.2 Å². The zero-order valence-corrected chi connectivity index (χ0v) is 45.5. The maximum atomic E-state index is 14.4. The number of nitrogens with zero attached hydrogens (tertiary/aromatic N) is 3. The Bertz CT molecular complexity index is 2900. The molecule has 0 saturated carbocycles. The minimum absolute atomic E-state index is 0.0281. The van der Waals surface area contributed by atoms with Gasteiger partial charge in [-0.1, -0.05) is 224 Å². The van der Waals surface area contributed by atoms with Gasteiger partial charge < -0.3 is 5.32 Å². The average molecular weight is 1040 g/mol. The van der Waals surface area contributed by atoms with Crippen molar-refractivity contribution in [2.24, 2.45) is 5.92 Å². The summed E-state index contributed by atoms with van der Waals surface area (Å²) in [5, 5.41) is 7.24. The molecule has 7 nitrogen and oxygen atoms in total. The lowest BCUT2D eigenvalue weighted by molar-refractivity contribution is -0.178. The Hall–Kier alpha value is -6.46. The van der Waals surface area contributed by atoms with Crippen molar-refractivity contribution in [2.45, 2.75) is 53.2 Å². The first kappa shape index (κ1) is 53.0. The fraction of sp³-hybridized carbons (Fsp3) is 0.284. The molecule has 2 saturated heterocycles. The molecule has 2 amide bonds. The molecule has 0 spiro atoms. The molecule has 0 aromatic heterocycles. The van der Waals surface area contributed by atoms with Gasteiger partial charge in [0.2, 0.25) is 5.91 Å². The van der Waals surface area contributed by atoms with Crippen molar-refractivity contribution < 1.29 is 14.4 Å². The number of benzene rings is 8. The summed E-state index contributed by atoms with van der Waals surface area (Å²) in [6, 6.07) is 80.5. The Balaban J connectivity index is 0.883. The lowest BCUT2D eigenvalue weighted by atomic mass is 9.75. The minimum atomic E-state index is -0.469. The van der Waals surface area contributed by atoms with Crippen molar-refractivity contribution in [3.05, 3.63) is 263 Å². The van der Waals surface area contributed by atoms with Crippen molar-refractivity contribution in [1.29, 1.82) is 0 Å². The normalized spacial score (nSPS) is 17.7. The summed E-state index contributed by atoms with van der Waals surface area (Å²) in [5.74, 6) is 1.43. The molecule has 0 aliphatic carbocycles. The molecule has 2 heterocycles. The third kappa shape index (κ3) is 11.5. The van der Waals surface area contributed by atoms with Gasteiger partial charge in [-0.05, 0) is 94.4 Å². The summed E-state index contributed by atoms with van der Waals surface area (Å²) < 4.78 is -0.935. The maximum absolute atomic E-state index is 14.4. The number of rotatable bonds is 23. The van der Waals surface area contributed by atoms with Crippen molar-refractivity contribution >= 4 is 46.1 Å².